The highest BCUT2D eigenvalue weighted by atomic mass is 14.8. The molecule has 0 unspecified atom stereocenters. The van der Waals surface area contributed by atoms with E-state index in [-0.39, 0.29) is 0 Å². The lowest BCUT2D eigenvalue weighted by atomic mass is 10.2. The fraction of sp³-hybridized carbons (Fsp3) is 0.556. The maximum Gasteiger partial charge on any atom is 0.0134 e. The van der Waals surface area contributed by atoms with E-state index >= 15 is 0 Å². The summed E-state index contributed by atoms with van der Waals surface area (Å²) in [5, 5.41) is 3.04. The summed E-state index contributed by atoms with van der Waals surface area (Å²) in [5.74, 6) is 1.32. The fourth-order valence-corrected chi connectivity index (χ4v) is 1.05. The van der Waals surface area contributed by atoms with Gasteiger partial charge in [0.25, 0.3) is 0 Å². The molecule has 0 aliphatic heterocycles. The topological polar surface area (TPSA) is 12.0 Å². The molecule has 0 saturated carbocycles. The summed E-state index contributed by atoms with van der Waals surface area (Å²) >= 11 is 0. The molecular weight excluding hydrogens is 230 g/mol. The standard InChI is InChI=1S/C9H17N.C9H16/c1-9(2)7-5-4-6-8-10-3;1-4-5-6-7-8-9(2)3/h4-7,9-10H,8H2,1-3H3;5-9H,4H2,1-3H3/b6-4-,7-5+;6-5-,8-7+. The number of rotatable bonds is 7. The molecule has 0 rings (SSSR count). The van der Waals surface area contributed by atoms with Crippen molar-refractivity contribution in [1.29, 1.82) is 0 Å². The molecule has 0 bridgehead atoms. The molecule has 1 heteroatoms. The predicted octanol–water partition coefficient (Wildman–Crippen LogP) is 5.14. The molecule has 0 heterocycles. The summed E-state index contributed by atoms with van der Waals surface area (Å²) in [6, 6.07) is 0. The van der Waals surface area contributed by atoms with Gasteiger partial charge in [0.2, 0.25) is 0 Å². The Morgan fingerprint density at radius 2 is 1.26 bits per heavy atom. The van der Waals surface area contributed by atoms with Crippen LogP contribution in [0.2, 0.25) is 0 Å². The Morgan fingerprint density at radius 1 is 0.789 bits per heavy atom. The Bertz CT molecular complexity index is 267. The van der Waals surface area contributed by atoms with Crippen molar-refractivity contribution in [2.75, 3.05) is 13.6 Å². The van der Waals surface area contributed by atoms with Crippen LogP contribution in [0, 0.1) is 11.8 Å². The van der Waals surface area contributed by atoms with Gasteiger partial charge in [-0.3, -0.25) is 0 Å². The van der Waals surface area contributed by atoms with Gasteiger partial charge in [-0.2, -0.15) is 0 Å². The maximum absolute atomic E-state index is 3.04. The molecule has 0 fully saturated rings. The Morgan fingerprint density at radius 3 is 1.63 bits per heavy atom. The van der Waals surface area contributed by atoms with Gasteiger partial charge in [-0.1, -0.05) is 83.2 Å². The van der Waals surface area contributed by atoms with Crippen LogP contribution in [0.3, 0.4) is 0 Å². The summed E-state index contributed by atoms with van der Waals surface area (Å²) in [4.78, 5) is 0. The molecule has 0 aromatic carbocycles. The van der Waals surface area contributed by atoms with E-state index in [0.717, 1.165) is 13.0 Å². The van der Waals surface area contributed by atoms with Gasteiger partial charge in [0.15, 0.2) is 0 Å². The third kappa shape index (κ3) is 26.5. The van der Waals surface area contributed by atoms with Crippen LogP contribution in [-0.2, 0) is 0 Å². The first kappa shape index (κ1) is 20.2. The van der Waals surface area contributed by atoms with Gasteiger partial charge in [-0.25, -0.2) is 0 Å². The quantitative estimate of drug-likeness (QED) is 0.627. The van der Waals surface area contributed by atoms with Crippen LogP contribution in [0.1, 0.15) is 41.0 Å². The molecular formula is C18H33N. The second kappa shape index (κ2) is 16.9. The van der Waals surface area contributed by atoms with E-state index in [0.29, 0.717) is 11.8 Å². The molecule has 0 aliphatic carbocycles. The average Bonchev–Trinajstić information content (AvgIpc) is 2.35. The molecule has 0 atom stereocenters. The van der Waals surface area contributed by atoms with E-state index < -0.39 is 0 Å². The molecule has 0 aliphatic rings. The molecule has 110 valence electrons. The van der Waals surface area contributed by atoms with Gasteiger partial charge in [0.05, 0.1) is 0 Å². The van der Waals surface area contributed by atoms with Crippen molar-refractivity contribution in [3.63, 3.8) is 0 Å². The van der Waals surface area contributed by atoms with E-state index in [1.54, 1.807) is 0 Å². The van der Waals surface area contributed by atoms with Crippen LogP contribution in [0.5, 0.6) is 0 Å². The second-order valence-corrected chi connectivity index (χ2v) is 5.08. The molecule has 0 amide bonds. The van der Waals surface area contributed by atoms with Gasteiger partial charge in [-0.05, 0) is 25.3 Å². The number of nitrogens with one attached hydrogen (secondary N) is 1. The zero-order valence-electron chi connectivity index (χ0n) is 13.7. The van der Waals surface area contributed by atoms with Crippen molar-refractivity contribution < 1.29 is 0 Å². The summed E-state index contributed by atoms with van der Waals surface area (Å²) in [5.41, 5.74) is 0. The minimum atomic E-state index is 0.652. The molecule has 1 nitrogen and oxygen atoms in total. The first-order chi connectivity index (χ1) is 9.04. The van der Waals surface area contributed by atoms with Gasteiger partial charge in [0.1, 0.15) is 0 Å². The predicted molar refractivity (Wildman–Crippen MR) is 90.5 cm³/mol. The Hall–Kier alpha value is -1.08. The third-order valence-electron chi connectivity index (χ3n) is 2.04. The van der Waals surface area contributed by atoms with Crippen molar-refractivity contribution >= 4 is 0 Å². The summed E-state index contributed by atoms with van der Waals surface area (Å²) < 4.78 is 0. The molecule has 0 aromatic rings. The van der Waals surface area contributed by atoms with E-state index in [1.807, 2.05) is 7.05 Å². The van der Waals surface area contributed by atoms with E-state index in [9.17, 15) is 0 Å². The van der Waals surface area contributed by atoms with E-state index in [4.69, 9.17) is 0 Å². The molecule has 19 heavy (non-hydrogen) atoms. The zero-order valence-corrected chi connectivity index (χ0v) is 13.7. The van der Waals surface area contributed by atoms with Crippen molar-refractivity contribution in [2.45, 2.75) is 41.0 Å². The second-order valence-electron chi connectivity index (χ2n) is 5.08. The zero-order chi connectivity index (χ0) is 14.9. The highest BCUT2D eigenvalue weighted by Gasteiger charge is 1.79. The van der Waals surface area contributed by atoms with Crippen LogP contribution in [0.15, 0.2) is 48.6 Å². The van der Waals surface area contributed by atoms with Gasteiger partial charge >= 0.3 is 0 Å². The van der Waals surface area contributed by atoms with Gasteiger partial charge in [0, 0.05) is 6.54 Å². The number of allylic oxidation sites excluding steroid dienone is 7. The highest BCUT2D eigenvalue weighted by Crippen LogP contribution is 1.93. The lowest BCUT2D eigenvalue weighted by Crippen LogP contribution is -2.03. The smallest absolute Gasteiger partial charge is 0.0134 e. The SMILES string of the molecule is CC/C=C\C=C\C(C)C.CNC/C=C\C=C\C(C)C. The van der Waals surface area contributed by atoms with Gasteiger partial charge < -0.3 is 5.32 Å². The minimum absolute atomic E-state index is 0.652. The minimum Gasteiger partial charge on any atom is -0.316 e. The van der Waals surface area contributed by atoms with Crippen LogP contribution >= 0.6 is 0 Å². The summed E-state index contributed by atoms with van der Waals surface area (Å²) in [6.07, 6.45) is 18.1. The lowest BCUT2D eigenvalue weighted by Gasteiger charge is -1.89. The summed E-state index contributed by atoms with van der Waals surface area (Å²) in [7, 11) is 1.94. The van der Waals surface area contributed by atoms with Crippen LogP contribution in [-0.4, -0.2) is 13.6 Å². The average molecular weight is 263 g/mol. The van der Waals surface area contributed by atoms with Gasteiger partial charge in [-0.15, -0.1) is 0 Å². The normalized spacial score (nSPS) is 12.4. The maximum atomic E-state index is 3.04. The van der Waals surface area contributed by atoms with Crippen LogP contribution in [0.4, 0.5) is 0 Å². The number of hydrogen-bond acceptors (Lipinski definition) is 1. The molecule has 0 radical (unpaired) electrons. The Balaban J connectivity index is 0. The monoisotopic (exact) mass is 263 g/mol. The van der Waals surface area contributed by atoms with Crippen molar-refractivity contribution in [2.24, 2.45) is 11.8 Å². The summed E-state index contributed by atoms with van der Waals surface area (Å²) in [6.45, 7) is 11.8. The first-order valence-electron chi connectivity index (χ1n) is 7.35. The molecule has 0 saturated heterocycles. The van der Waals surface area contributed by atoms with E-state index in [2.05, 4.69) is 88.5 Å². The Labute approximate surface area is 121 Å². The first-order valence-corrected chi connectivity index (χ1v) is 7.35. The van der Waals surface area contributed by atoms with Crippen molar-refractivity contribution in [3.05, 3.63) is 48.6 Å². The molecule has 1 N–H and O–H groups in total. The number of hydrogen-bond donors (Lipinski definition) is 1. The van der Waals surface area contributed by atoms with Crippen molar-refractivity contribution in [3.8, 4) is 0 Å². The van der Waals surface area contributed by atoms with Crippen LogP contribution < -0.4 is 5.32 Å². The molecule has 0 aromatic heterocycles. The Kier molecular flexibility index (Phi) is 18.0. The van der Waals surface area contributed by atoms with E-state index in [1.165, 1.54) is 0 Å². The fourth-order valence-electron chi connectivity index (χ4n) is 1.05. The molecule has 0 spiro atoms. The largest absolute Gasteiger partial charge is 0.316 e. The third-order valence-corrected chi connectivity index (χ3v) is 2.04. The van der Waals surface area contributed by atoms with Crippen molar-refractivity contribution in [1.82, 2.24) is 5.32 Å². The number of likely N-dealkylation sites (N-methyl/N-ethyl adjacent to an activating group) is 1. The van der Waals surface area contributed by atoms with Crippen LogP contribution in [0.25, 0.3) is 0 Å². The lowest BCUT2D eigenvalue weighted by molar-refractivity contribution is 0.831. The highest BCUT2D eigenvalue weighted by molar-refractivity contribution is 5.04.